The van der Waals surface area contributed by atoms with Gasteiger partial charge in [0.15, 0.2) is 11.5 Å². The molecule has 0 fully saturated rings. The Morgan fingerprint density at radius 1 is 1.10 bits per heavy atom. The molecule has 1 heterocycles. The van der Waals surface area contributed by atoms with Gasteiger partial charge in [-0.3, -0.25) is 0 Å². The van der Waals surface area contributed by atoms with Crippen LogP contribution in [0.4, 0.5) is 0 Å². The Labute approximate surface area is 133 Å². The molecule has 1 N–H and O–H groups in total. The molecular formula is C14H22Cl2N2O2-2. The number of hydrogen-bond donors (Lipinski definition) is 1. The van der Waals surface area contributed by atoms with Crippen molar-refractivity contribution in [2.45, 2.75) is 20.4 Å². The van der Waals surface area contributed by atoms with E-state index in [4.69, 9.17) is 9.47 Å². The lowest BCUT2D eigenvalue weighted by Crippen LogP contribution is -3.00. The average Bonchev–Trinajstić information content (AvgIpc) is 2.86. The Morgan fingerprint density at radius 2 is 1.80 bits per heavy atom. The number of ether oxygens (including phenoxy) is 2. The first-order valence-electron chi connectivity index (χ1n) is 6.65. The van der Waals surface area contributed by atoms with E-state index in [1.165, 1.54) is 5.56 Å². The smallest absolute Gasteiger partial charge is 0.231 e. The molecule has 0 aliphatic carbocycles. The fourth-order valence-electron chi connectivity index (χ4n) is 2.06. The lowest BCUT2D eigenvalue weighted by molar-refractivity contribution is -0.001000. The van der Waals surface area contributed by atoms with E-state index in [0.717, 1.165) is 44.2 Å². The topological polar surface area (TPSA) is 33.7 Å². The van der Waals surface area contributed by atoms with Crippen LogP contribution >= 0.6 is 0 Å². The Balaban J connectivity index is 0.00000180. The van der Waals surface area contributed by atoms with Gasteiger partial charge in [-0.05, 0) is 30.8 Å². The van der Waals surface area contributed by atoms with Crippen LogP contribution in [0.5, 0.6) is 11.5 Å². The Bertz CT molecular complexity index is 387. The van der Waals surface area contributed by atoms with Crippen molar-refractivity contribution in [1.82, 2.24) is 10.2 Å². The molecule has 1 aromatic carbocycles. The predicted molar refractivity (Wildman–Crippen MR) is 72.1 cm³/mol. The summed E-state index contributed by atoms with van der Waals surface area (Å²) in [5.41, 5.74) is 1.23. The Kier molecular flexibility index (Phi) is 9.76. The number of fused-ring (bicyclic) bond motifs is 1. The molecule has 1 aliphatic rings. The van der Waals surface area contributed by atoms with E-state index in [2.05, 4.69) is 30.1 Å². The highest BCUT2D eigenvalue weighted by Crippen LogP contribution is 2.32. The van der Waals surface area contributed by atoms with Crippen LogP contribution in [0, 0.1) is 0 Å². The minimum absolute atomic E-state index is 0. The summed E-state index contributed by atoms with van der Waals surface area (Å²) >= 11 is 0. The van der Waals surface area contributed by atoms with Gasteiger partial charge in [-0.2, -0.15) is 0 Å². The SMILES string of the molecule is CCN(CC)CCNCc1ccc2c(c1)OCO2.[Cl-].[Cl-]. The predicted octanol–water partition coefficient (Wildman–Crippen LogP) is -4.15. The Hall–Kier alpha value is -0.680. The van der Waals surface area contributed by atoms with Crippen LogP contribution in [0.1, 0.15) is 19.4 Å². The zero-order valence-corrected chi connectivity index (χ0v) is 13.5. The van der Waals surface area contributed by atoms with E-state index in [0.29, 0.717) is 6.79 Å². The fraction of sp³-hybridized carbons (Fsp3) is 0.571. The van der Waals surface area contributed by atoms with E-state index in [-0.39, 0.29) is 24.8 Å². The first-order valence-corrected chi connectivity index (χ1v) is 6.65. The van der Waals surface area contributed by atoms with E-state index in [9.17, 15) is 0 Å². The van der Waals surface area contributed by atoms with E-state index >= 15 is 0 Å². The number of benzene rings is 1. The molecule has 4 nitrogen and oxygen atoms in total. The molecule has 0 saturated heterocycles. The van der Waals surface area contributed by atoms with Gasteiger partial charge in [0, 0.05) is 19.6 Å². The summed E-state index contributed by atoms with van der Waals surface area (Å²) in [7, 11) is 0. The molecule has 2 rings (SSSR count). The fourth-order valence-corrected chi connectivity index (χ4v) is 2.06. The van der Waals surface area contributed by atoms with Crippen molar-refractivity contribution in [1.29, 1.82) is 0 Å². The maximum absolute atomic E-state index is 5.36. The molecule has 20 heavy (non-hydrogen) atoms. The summed E-state index contributed by atoms with van der Waals surface area (Å²) in [5.74, 6) is 1.71. The van der Waals surface area contributed by atoms with Crippen LogP contribution < -0.4 is 39.6 Å². The summed E-state index contributed by atoms with van der Waals surface area (Å²) in [5, 5.41) is 3.45. The van der Waals surface area contributed by atoms with Crippen molar-refractivity contribution in [2.24, 2.45) is 0 Å². The van der Waals surface area contributed by atoms with Crippen LogP contribution in [0.25, 0.3) is 0 Å². The minimum atomic E-state index is 0. The van der Waals surface area contributed by atoms with Crippen molar-refractivity contribution < 1.29 is 34.3 Å². The van der Waals surface area contributed by atoms with Crippen molar-refractivity contribution in [3.05, 3.63) is 23.8 Å². The summed E-state index contributed by atoms with van der Waals surface area (Å²) in [6, 6.07) is 6.11. The highest BCUT2D eigenvalue weighted by atomic mass is 35.5. The number of nitrogens with zero attached hydrogens (tertiary/aromatic N) is 1. The van der Waals surface area contributed by atoms with Gasteiger partial charge in [0.2, 0.25) is 6.79 Å². The second kappa shape index (κ2) is 10.1. The lowest BCUT2D eigenvalue weighted by atomic mass is 10.2. The zero-order chi connectivity index (χ0) is 12.8. The molecule has 1 aromatic rings. The summed E-state index contributed by atoms with van der Waals surface area (Å²) in [4.78, 5) is 2.41. The first kappa shape index (κ1) is 19.3. The number of rotatable bonds is 7. The van der Waals surface area contributed by atoms with Crippen molar-refractivity contribution in [2.75, 3.05) is 33.0 Å². The maximum atomic E-state index is 5.36. The third kappa shape index (κ3) is 5.37. The van der Waals surface area contributed by atoms with E-state index in [1.54, 1.807) is 0 Å². The molecule has 0 aromatic heterocycles. The zero-order valence-electron chi connectivity index (χ0n) is 12.0. The molecular weight excluding hydrogens is 299 g/mol. The van der Waals surface area contributed by atoms with Gasteiger partial charge in [0.25, 0.3) is 0 Å². The van der Waals surface area contributed by atoms with Gasteiger partial charge < -0.3 is 44.5 Å². The molecule has 0 spiro atoms. The van der Waals surface area contributed by atoms with Crippen LogP contribution in [0.3, 0.4) is 0 Å². The number of likely N-dealkylation sites (N-methyl/N-ethyl adjacent to an activating group) is 1. The third-order valence-electron chi connectivity index (χ3n) is 3.27. The van der Waals surface area contributed by atoms with E-state index < -0.39 is 0 Å². The molecule has 0 amide bonds. The quantitative estimate of drug-likeness (QED) is 0.517. The van der Waals surface area contributed by atoms with Gasteiger partial charge in [0.05, 0.1) is 0 Å². The van der Waals surface area contributed by atoms with Gasteiger partial charge in [-0.25, -0.2) is 0 Å². The summed E-state index contributed by atoms with van der Waals surface area (Å²) in [6.07, 6.45) is 0. The molecule has 0 saturated carbocycles. The van der Waals surface area contributed by atoms with E-state index in [1.807, 2.05) is 12.1 Å². The largest absolute Gasteiger partial charge is 1.00 e. The molecule has 6 heteroatoms. The van der Waals surface area contributed by atoms with Gasteiger partial charge in [0.1, 0.15) is 0 Å². The number of hydrogen-bond acceptors (Lipinski definition) is 4. The van der Waals surface area contributed by atoms with Crippen molar-refractivity contribution >= 4 is 0 Å². The maximum Gasteiger partial charge on any atom is 0.231 e. The second-order valence-corrected chi connectivity index (χ2v) is 4.39. The summed E-state index contributed by atoms with van der Waals surface area (Å²) in [6.45, 7) is 9.94. The van der Waals surface area contributed by atoms with Crippen LogP contribution in [-0.2, 0) is 6.54 Å². The molecule has 116 valence electrons. The molecule has 0 atom stereocenters. The average molecular weight is 321 g/mol. The highest BCUT2D eigenvalue weighted by Gasteiger charge is 2.12. The normalized spacial score (nSPS) is 11.9. The van der Waals surface area contributed by atoms with Crippen LogP contribution in [0.15, 0.2) is 18.2 Å². The minimum Gasteiger partial charge on any atom is -1.00 e. The highest BCUT2D eigenvalue weighted by molar-refractivity contribution is 5.44. The first-order chi connectivity index (χ1) is 8.83. The van der Waals surface area contributed by atoms with Gasteiger partial charge in [-0.15, -0.1) is 0 Å². The molecule has 0 radical (unpaired) electrons. The van der Waals surface area contributed by atoms with Crippen molar-refractivity contribution in [3.63, 3.8) is 0 Å². The van der Waals surface area contributed by atoms with Gasteiger partial charge in [-0.1, -0.05) is 19.9 Å². The molecule has 0 unspecified atom stereocenters. The number of halogens is 2. The second-order valence-electron chi connectivity index (χ2n) is 4.39. The molecule has 0 bridgehead atoms. The third-order valence-corrected chi connectivity index (χ3v) is 3.27. The van der Waals surface area contributed by atoms with Gasteiger partial charge >= 0.3 is 0 Å². The number of nitrogens with one attached hydrogen (secondary N) is 1. The monoisotopic (exact) mass is 320 g/mol. The standard InChI is InChI=1S/C14H22N2O2.2ClH/c1-3-16(4-2)8-7-15-10-12-5-6-13-14(9-12)18-11-17-13;;/h5-6,9,15H,3-4,7-8,10-11H2,1-2H3;2*1H/p-2. The van der Waals surface area contributed by atoms with Crippen molar-refractivity contribution in [3.8, 4) is 11.5 Å². The van der Waals surface area contributed by atoms with Crippen LogP contribution in [0.2, 0.25) is 0 Å². The lowest BCUT2D eigenvalue weighted by Gasteiger charge is -2.18. The van der Waals surface area contributed by atoms with Crippen LogP contribution in [-0.4, -0.2) is 37.9 Å². The summed E-state index contributed by atoms with van der Waals surface area (Å²) < 4.78 is 10.7. The molecule has 1 aliphatic heterocycles. The Morgan fingerprint density at radius 3 is 2.50 bits per heavy atom.